The van der Waals surface area contributed by atoms with Crippen LogP contribution in [0.3, 0.4) is 0 Å². The first-order valence-electron chi connectivity index (χ1n) is 5.96. The molecule has 1 saturated heterocycles. The molecule has 0 aromatic carbocycles. The number of rotatable bonds is 3. The molecule has 0 aromatic rings. The largest absolute Gasteiger partial charge is 0.339 e. The molecule has 1 aliphatic heterocycles. The standard InChI is InChI=1S/C11H21N3O/c1-2-5-13-6-8-14(9-7-13)10(15)11(12)3-4-11/h2-9,12H2,1H3. The number of hydrogen-bond acceptors (Lipinski definition) is 3. The van der Waals surface area contributed by atoms with Gasteiger partial charge in [-0.3, -0.25) is 9.69 Å². The fourth-order valence-corrected chi connectivity index (χ4v) is 2.15. The molecular weight excluding hydrogens is 190 g/mol. The number of carbonyl (C=O) groups excluding carboxylic acids is 1. The summed E-state index contributed by atoms with van der Waals surface area (Å²) in [6.45, 7) is 7.08. The SMILES string of the molecule is CCCN1CCN(C(=O)C2(N)CC2)CC1. The average molecular weight is 211 g/mol. The second-order valence-corrected chi connectivity index (χ2v) is 4.79. The van der Waals surface area contributed by atoms with Crippen LogP contribution in [0.25, 0.3) is 0 Å². The first-order valence-corrected chi connectivity index (χ1v) is 5.96. The molecule has 1 heterocycles. The Morgan fingerprint density at radius 1 is 1.27 bits per heavy atom. The molecule has 1 amide bonds. The molecule has 2 rings (SSSR count). The first kappa shape index (κ1) is 10.9. The van der Waals surface area contributed by atoms with Crippen LogP contribution in [-0.2, 0) is 4.79 Å². The van der Waals surface area contributed by atoms with Crippen molar-refractivity contribution in [2.24, 2.45) is 5.73 Å². The van der Waals surface area contributed by atoms with E-state index in [1.807, 2.05) is 4.90 Å². The van der Waals surface area contributed by atoms with Crippen molar-refractivity contribution in [1.29, 1.82) is 0 Å². The van der Waals surface area contributed by atoms with Crippen molar-refractivity contribution in [3.63, 3.8) is 0 Å². The zero-order chi connectivity index (χ0) is 10.9. The highest BCUT2D eigenvalue weighted by Crippen LogP contribution is 2.34. The van der Waals surface area contributed by atoms with E-state index in [-0.39, 0.29) is 5.91 Å². The molecule has 2 aliphatic rings. The number of nitrogens with zero attached hydrogens (tertiary/aromatic N) is 2. The van der Waals surface area contributed by atoms with E-state index in [9.17, 15) is 4.79 Å². The highest BCUT2D eigenvalue weighted by Gasteiger charge is 2.48. The van der Waals surface area contributed by atoms with Crippen LogP contribution in [0.15, 0.2) is 0 Å². The van der Waals surface area contributed by atoms with Crippen molar-refractivity contribution >= 4 is 5.91 Å². The van der Waals surface area contributed by atoms with Gasteiger partial charge in [-0.2, -0.15) is 0 Å². The van der Waals surface area contributed by atoms with E-state index in [4.69, 9.17) is 5.73 Å². The van der Waals surface area contributed by atoms with E-state index in [0.29, 0.717) is 0 Å². The van der Waals surface area contributed by atoms with Gasteiger partial charge in [-0.25, -0.2) is 0 Å². The second-order valence-electron chi connectivity index (χ2n) is 4.79. The third-order valence-electron chi connectivity index (χ3n) is 3.41. The predicted octanol–water partition coefficient (Wildman–Crippen LogP) is 0.0319. The Morgan fingerprint density at radius 2 is 1.87 bits per heavy atom. The van der Waals surface area contributed by atoms with Crippen molar-refractivity contribution < 1.29 is 4.79 Å². The van der Waals surface area contributed by atoms with E-state index in [2.05, 4.69) is 11.8 Å². The van der Waals surface area contributed by atoms with Crippen LogP contribution in [0.4, 0.5) is 0 Å². The summed E-state index contributed by atoms with van der Waals surface area (Å²) in [5, 5.41) is 0. The lowest BCUT2D eigenvalue weighted by Gasteiger charge is -2.35. The summed E-state index contributed by atoms with van der Waals surface area (Å²) in [7, 11) is 0. The van der Waals surface area contributed by atoms with Gasteiger partial charge >= 0.3 is 0 Å². The summed E-state index contributed by atoms with van der Waals surface area (Å²) in [4.78, 5) is 16.3. The smallest absolute Gasteiger partial charge is 0.242 e. The van der Waals surface area contributed by atoms with Crippen molar-refractivity contribution in [2.75, 3.05) is 32.7 Å². The number of carbonyl (C=O) groups is 1. The molecule has 2 N–H and O–H groups in total. The summed E-state index contributed by atoms with van der Waals surface area (Å²) >= 11 is 0. The van der Waals surface area contributed by atoms with Crippen LogP contribution in [0, 0.1) is 0 Å². The Labute approximate surface area is 91.4 Å². The molecule has 0 bridgehead atoms. The average Bonchev–Trinajstić information content (AvgIpc) is 2.99. The van der Waals surface area contributed by atoms with E-state index >= 15 is 0 Å². The predicted molar refractivity (Wildman–Crippen MR) is 59.5 cm³/mol. The summed E-state index contributed by atoms with van der Waals surface area (Å²) in [5.74, 6) is 0.179. The number of amides is 1. The van der Waals surface area contributed by atoms with E-state index < -0.39 is 5.54 Å². The van der Waals surface area contributed by atoms with Crippen LogP contribution in [-0.4, -0.2) is 54.0 Å². The topological polar surface area (TPSA) is 49.6 Å². The third-order valence-corrected chi connectivity index (χ3v) is 3.41. The fraction of sp³-hybridized carbons (Fsp3) is 0.909. The fourth-order valence-electron chi connectivity index (χ4n) is 2.15. The van der Waals surface area contributed by atoms with Crippen molar-refractivity contribution in [1.82, 2.24) is 9.80 Å². The van der Waals surface area contributed by atoms with Gasteiger partial charge < -0.3 is 10.6 Å². The van der Waals surface area contributed by atoms with Crippen LogP contribution in [0.1, 0.15) is 26.2 Å². The maximum absolute atomic E-state index is 11.9. The quantitative estimate of drug-likeness (QED) is 0.716. The number of nitrogens with two attached hydrogens (primary N) is 1. The minimum atomic E-state index is -0.479. The second kappa shape index (κ2) is 4.10. The van der Waals surface area contributed by atoms with Gasteiger partial charge in [0.05, 0.1) is 5.54 Å². The molecule has 4 heteroatoms. The van der Waals surface area contributed by atoms with E-state index in [1.165, 1.54) is 6.42 Å². The van der Waals surface area contributed by atoms with Gasteiger partial charge in [0.2, 0.25) is 5.91 Å². The van der Waals surface area contributed by atoms with Gasteiger partial charge in [0.1, 0.15) is 0 Å². The minimum Gasteiger partial charge on any atom is -0.339 e. The van der Waals surface area contributed by atoms with E-state index in [0.717, 1.165) is 45.6 Å². The monoisotopic (exact) mass is 211 g/mol. The normalized spacial score (nSPS) is 25.3. The zero-order valence-electron chi connectivity index (χ0n) is 9.54. The zero-order valence-corrected chi connectivity index (χ0v) is 9.54. The van der Waals surface area contributed by atoms with Crippen LogP contribution in [0.5, 0.6) is 0 Å². The third kappa shape index (κ3) is 2.32. The molecule has 0 aromatic heterocycles. The van der Waals surface area contributed by atoms with Gasteiger partial charge in [-0.15, -0.1) is 0 Å². The maximum atomic E-state index is 11.9. The lowest BCUT2D eigenvalue weighted by Crippen LogP contribution is -2.54. The molecule has 1 aliphatic carbocycles. The highest BCUT2D eigenvalue weighted by atomic mass is 16.2. The molecule has 86 valence electrons. The molecule has 0 radical (unpaired) electrons. The van der Waals surface area contributed by atoms with Gasteiger partial charge in [0.25, 0.3) is 0 Å². The summed E-state index contributed by atoms with van der Waals surface area (Å²) < 4.78 is 0. The Balaban J connectivity index is 1.80. The Kier molecular flexibility index (Phi) is 2.98. The summed E-state index contributed by atoms with van der Waals surface area (Å²) in [6.07, 6.45) is 2.94. The van der Waals surface area contributed by atoms with Crippen LogP contribution >= 0.6 is 0 Å². The molecule has 1 saturated carbocycles. The Hall–Kier alpha value is -0.610. The molecule has 2 fully saturated rings. The minimum absolute atomic E-state index is 0.179. The highest BCUT2D eigenvalue weighted by molar-refractivity contribution is 5.89. The Bertz CT molecular complexity index is 242. The van der Waals surface area contributed by atoms with Crippen LogP contribution < -0.4 is 5.73 Å². The lowest BCUT2D eigenvalue weighted by molar-refractivity contribution is -0.135. The molecular formula is C11H21N3O. The number of piperazine rings is 1. The molecule has 4 nitrogen and oxygen atoms in total. The van der Waals surface area contributed by atoms with E-state index in [1.54, 1.807) is 0 Å². The lowest BCUT2D eigenvalue weighted by atomic mass is 10.2. The molecule has 0 spiro atoms. The van der Waals surface area contributed by atoms with Crippen molar-refractivity contribution in [3.05, 3.63) is 0 Å². The molecule has 15 heavy (non-hydrogen) atoms. The van der Waals surface area contributed by atoms with Crippen molar-refractivity contribution in [2.45, 2.75) is 31.7 Å². The first-order chi connectivity index (χ1) is 7.15. The number of hydrogen-bond donors (Lipinski definition) is 1. The van der Waals surface area contributed by atoms with Gasteiger partial charge in [-0.1, -0.05) is 6.92 Å². The molecule has 0 atom stereocenters. The summed E-state index contributed by atoms with van der Waals surface area (Å²) in [5.41, 5.74) is 5.43. The Morgan fingerprint density at radius 3 is 2.33 bits per heavy atom. The van der Waals surface area contributed by atoms with Gasteiger partial charge in [0.15, 0.2) is 0 Å². The maximum Gasteiger partial charge on any atom is 0.242 e. The summed E-state index contributed by atoms with van der Waals surface area (Å²) in [6, 6.07) is 0. The molecule has 0 unspecified atom stereocenters. The van der Waals surface area contributed by atoms with Gasteiger partial charge in [-0.05, 0) is 25.8 Å². The van der Waals surface area contributed by atoms with Gasteiger partial charge in [0, 0.05) is 26.2 Å². The van der Waals surface area contributed by atoms with Crippen LogP contribution in [0.2, 0.25) is 0 Å². The van der Waals surface area contributed by atoms with Crippen molar-refractivity contribution in [3.8, 4) is 0 Å².